The number of likely N-dealkylation sites (tertiary alicyclic amines) is 1. The van der Waals surface area contributed by atoms with Gasteiger partial charge in [0.25, 0.3) is 5.91 Å². The van der Waals surface area contributed by atoms with Crippen molar-refractivity contribution in [3.8, 4) is 11.1 Å². The minimum absolute atomic E-state index is 0.103. The molecule has 0 radical (unpaired) electrons. The molecule has 22 heavy (non-hydrogen) atoms. The first-order valence-electron chi connectivity index (χ1n) is 7.89. The van der Waals surface area contributed by atoms with E-state index in [1.54, 1.807) is 12.1 Å². The van der Waals surface area contributed by atoms with E-state index >= 15 is 0 Å². The second kappa shape index (κ2) is 6.73. The Hall–Kier alpha value is -2.16. The summed E-state index contributed by atoms with van der Waals surface area (Å²) < 4.78 is 13.0. The monoisotopic (exact) mass is 297 g/mol. The molecule has 114 valence electrons. The number of rotatable bonds is 2. The van der Waals surface area contributed by atoms with Crippen LogP contribution in [0.1, 0.15) is 36.0 Å². The largest absolute Gasteiger partial charge is 0.339 e. The summed E-state index contributed by atoms with van der Waals surface area (Å²) in [4.78, 5) is 14.6. The number of carbonyl (C=O) groups is 1. The third kappa shape index (κ3) is 3.35. The maximum absolute atomic E-state index is 13.0. The molecule has 0 spiro atoms. The Morgan fingerprint density at radius 3 is 2.23 bits per heavy atom. The van der Waals surface area contributed by atoms with E-state index < -0.39 is 0 Å². The van der Waals surface area contributed by atoms with Gasteiger partial charge < -0.3 is 4.90 Å². The summed E-state index contributed by atoms with van der Waals surface area (Å²) in [5.74, 6) is -0.147. The summed E-state index contributed by atoms with van der Waals surface area (Å²) in [5, 5.41) is 0. The zero-order chi connectivity index (χ0) is 15.4. The van der Waals surface area contributed by atoms with E-state index in [2.05, 4.69) is 0 Å². The topological polar surface area (TPSA) is 20.3 Å². The van der Waals surface area contributed by atoms with Crippen molar-refractivity contribution < 1.29 is 9.18 Å². The van der Waals surface area contributed by atoms with Crippen molar-refractivity contribution in [2.45, 2.75) is 25.7 Å². The first-order chi connectivity index (χ1) is 10.7. The maximum atomic E-state index is 13.0. The minimum atomic E-state index is -0.249. The Kier molecular flexibility index (Phi) is 4.52. The molecule has 0 aliphatic carbocycles. The molecule has 3 rings (SSSR count). The molecular formula is C19H20FNO. The van der Waals surface area contributed by atoms with Gasteiger partial charge in [0.2, 0.25) is 0 Å². The molecule has 0 atom stereocenters. The van der Waals surface area contributed by atoms with Gasteiger partial charge >= 0.3 is 0 Å². The summed E-state index contributed by atoms with van der Waals surface area (Å²) in [6, 6.07) is 14.0. The third-order valence-electron chi connectivity index (χ3n) is 4.18. The molecule has 1 aliphatic heterocycles. The van der Waals surface area contributed by atoms with Crippen molar-refractivity contribution in [1.29, 1.82) is 0 Å². The van der Waals surface area contributed by atoms with E-state index in [-0.39, 0.29) is 11.7 Å². The second-order valence-electron chi connectivity index (χ2n) is 5.79. The van der Waals surface area contributed by atoms with Crippen LogP contribution >= 0.6 is 0 Å². The molecule has 0 aromatic heterocycles. The normalized spacial score (nSPS) is 15.4. The van der Waals surface area contributed by atoms with Gasteiger partial charge in [-0.1, -0.05) is 37.1 Å². The zero-order valence-electron chi connectivity index (χ0n) is 12.6. The summed E-state index contributed by atoms with van der Waals surface area (Å²) in [7, 11) is 0. The Labute approximate surface area is 130 Å². The van der Waals surface area contributed by atoms with Crippen LogP contribution in [0.5, 0.6) is 0 Å². The number of hydrogen-bond acceptors (Lipinski definition) is 1. The molecule has 2 nitrogen and oxygen atoms in total. The fourth-order valence-electron chi connectivity index (χ4n) is 2.93. The molecular weight excluding hydrogens is 277 g/mol. The lowest BCUT2D eigenvalue weighted by molar-refractivity contribution is 0.0761. The fraction of sp³-hybridized carbons (Fsp3) is 0.316. The van der Waals surface area contributed by atoms with Crippen LogP contribution in [0.4, 0.5) is 4.39 Å². The van der Waals surface area contributed by atoms with E-state index in [4.69, 9.17) is 0 Å². The Bertz CT molecular complexity index is 643. The van der Waals surface area contributed by atoms with Crippen LogP contribution < -0.4 is 0 Å². The average Bonchev–Trinajstić information content (AvgIpc) is 2.84. The van der Waals surface area contributed by atoms with E-state index in [0.29, 0.717) is 5.56 Å². The molecule has 1 heterocycles. The third-order valence-corrected chi connectivity index (χ3v) is 4.18. The van der Waals surface area contributed by atoms with Crippen molar-refractivity contribution in [2.24, 2.45) is 0 Å². The van der Waals surface area contributed by atoms with Crippen molar-refractivity contribution in [2.75, 3.05) is 13.1 Å². The molecule has 0 saturated carbocycles. The van der Waals surface area contributed by atoms with Crippen LogP contribution in [0.2, 0.25) is 0 Å². The Morgan fingerprint density at radius 2 is 1.55 bits per heavy atom. The van der Waals surface area contributed by atoms with Crippen molar-refractivity contribution in [3.63, 3.8) is 0 Å². The molecule has 2 aromatic rings. The van der Waals surface area contributed by atoms with E-state index in [1.165, 1.54) is 25.0 Å². The predicted octanol–water partition coefficient (Wildman–Crippen LogP) is 4.51. The molecule has 0 bridgehead atoms. The maximum Gasteiger partial charge on any atom is 0.253 e. The van der Waals surface area contributed by atoms with E-state index in [1.807, 2.05) is 29.2 Å². The van der Waals surface area contributed by atoms with Crippen LogP contribution in [0, 0.1) is 5.82 Å². The number of carbonyl (C=O) groups excluding carboxylic acids is 1. The van der Waals surface area contributed by atoms with Crippen molar-refractivity contribution in [1.82, 2.24) is 4.90 Å². The van der Waals surface area contributed by atoms with E-state index in [0.717, 1.165) is 37.1 Å². The summed E-state index contributed by atoms with van der Waals surface area (Å²) >= 11 is 0. The lowest BCUT2D eigenvalue weighted by Crippen LogP contribution is -2.31. The Balaban J connectivity index is 1.83. The number of hydrogen-bond donors (Lipinski definition) is 0. The van der Waals surface area contributed by atoms with Crippen molar-refractivity contribution >= 4 is 5.91 Å². The highest BCUT2D eigenvalue weighted by Gasteiger charge is 2.17. The summed E-state index contributed by atoms with van der Waals surface area (Å²) in [6.45, 7) is 1.69. The lowest BCUT2D eigenvalue weighted by Gasteiger charge is -2.20. The van der Waals surface area contributed by atoms with Crippen LogP contribution in [-0.2, 0) is 0 Å². The van der Waals surface area contributed by atoms with Gasteiger partial charge in [-0.3, -0.25) is 4.79 Å². The van der Waals surface area contributed by atoms with E-state index in [9.17, 15) is 9.18 Å². The summed E-state index contributed by atoms with van der Waals surface area (Å²) in [6.07, 6.45) is 4.59. The van der Waals surface area contributed by atoms with Crippen LogP contribution in [-0.4, -0.2) is 23.9 Å². The van der Waals surface area contributed by atoms with Crippen LogP contribution in [0.3, 0.4) is 0 Å². The zero-order valence-corrected chi connectivity index (χ0v) is 12.6. The van der Waals surface area contributed by atoms with Gasteiger partial charge in [0, 0.05) is 18.7 Å². The van der Waals surface area contributed by atoms with Crippen LogP contribution in [0.15, 0.2) is 48.5 Å². The van der Waals surface area contributed by atoms with Gasteiger partial charge in [-0.2, -0.15) is 0 Å². The standard InChI is InChI=1S/C19H20FNO/c20-18-10-8-15(9-11-18)16-6-5-7-17(14-16)19(22)21-12-3-1-2-4-13-21/h5-11,14H,1-4,12-13H2. The molecule has 1 amide bonds. The quantitative estimate of drug-likeness (QED) is 0.798. The van der Waals surface area contributed by atoms with Gasteiger partial charge in [0.05, 0.1) is 0 Å². The number of nitrogens with zero attached hydrogens (tertiary/aromatic N) is 1. The number of amides is 1. The predicted molar refractivity (Wildman–Crippen MR) is 86.2 cm³/mol. The SMILES string of the molecule is O=C(c1cccc(-c2ccc(F)cc2)c1)N1CCCCCC1. The highest BCUT2D eigenvalue weighted by molar-refractivity contribution is 5.95. The smallest absolute Gasteiger partial charge is 0.253 e. The van der Waals surface area contributed by atoms with Crippen LogP contribution in [0.25, 0.3) is 11.1 Å². The molecule has 0 unspecified atom stereocenters. The second-order valence-corrected chi connectivity index (χ2v) is 5.79. The molecule has 1 fully saturated rings. The first-order valence-corrected chi connectivity index (χ1v) is 7.89. The molecule has 1 aliphatic rings. The highest BCUT2D eigenvalue weighted by Crippen LogP contribution is 2.22. The van der Waals surface area contributed by atoms with Gasteiger partial charge in [0.15, 0.2) is 0 Å². The number of halogens is 1. The van der Waals surface area contributed by atoms with Gasteiger partial charge in [-0.25, -0.2) is 4.39 Å². The summed E-state index contributed by atoms with van der Waals surface area (Å²) in [5.41, 5.74) is 2.58. The van der Waals surface area contributed by atoms with Gasteiger partial charge in [0.1, 0.15) is 5.82 Å². The lowest BCUT2D eigenvalue weighted by atomic mass is 10.0. The Morgan fingerprint density at radius 1 is 0.864 bits per heavy atom. The fourth-order valence-corrected chi connectivity index (χ4v) is 2.93. The molecule has 3 heteroatoms. The highest BCUT2D eigenvalue weighted by atomic mass is 19.1. The molecule has 2 aromatic carbocycles. The van der Waals surface area contributed by atoms with Crippen molar-refractivity contribution in [3.05, 3.63) is 59.9 Å². The van der Waals surface area contributed by atoms with Gasteiger partial charge in [-0.05, 0) is 48.2 Å². The number of benzene rings is 2. The average molecular weight is 297 g/mol. The van der Waals surface area contributed by atoms with Gasteiger partial charge in [-0.15, -0.1) is 0 Å². The molecule has 0 N–H and O–H groups in total. The first kappa shape index (κ1) is 14.8. The molecule has 1 saturated heterocycles. The minimum Gasteiger partial charge on any atom is -0.339 e.